The van der Waals surface area contributed by atoms with Crippen molar-refractivity contribution in [1.29, 1.82) is 0 Å². The molecule has 0 saturated heterocycles. The number of ether oxygens (including phenoxy) is 2. The van der Waals surface area contributed by atoms with Gasteiger partial charge in [0.25, 0.3) is 0 Å². The van der Waals surface area contributed by atoms with Gasteiger partial charge in [0, 0.05) is 22.8 Å². The maximum atomic E-state index is 12.6. The van der Waals surface area contributed by atoms with Crippen LogP contribution in [0.25, 0.3) is 0 Å². The second-order valence-corrected chi connectivity index (χ2v) is 7.61. The Hall–Kier alpha value is -2.86. The monoisotopic (exact) mass is 411 g/mol. The highest BCUT2D eigenvalue weighted by Gasteiger charge is 2.44. The minimum atomic E-state index is -0.0564. The van der Waals surface area contributed by atoms with E-state index in [1.165, 1.54) is 0 Å². The molecule has 2 aromatic rings. The molecule has 150 valence electrons. The van der Waals surface area contributed by atoms with Crippen molar-refractivity contribution in [2.24, 2.45) is 15.9 Å². The Labute approximate surface area is 174 Å². The number of carbonyl (C=O) groups excluding carboxylic acids is 1. The molecule has 1 amide bonds. The maximum absolute atomic E-state index is 12.6. The lowest BCUT2D eigenvalue weighted by molar-refractivity contribution is -0.117. The molecule has 3 unspecified atom stereocenters. The van der Waals surface area contributed by atoms with Gasteiger partial charge in [-0.2, -0.15) is 0 Å². The van der Waals surface area contributed by atoms with Crippen LogP contribution in [0.1, 0.15) is 24.8 Å². The van der Waals surface area contributed by atoms with Crippen LogP contribution in [0.5, 0.6) is 11.5 Å². The quantitative estimate of drug-likeness (QED) is 0.736. The van der Waals surface area contributed by atoms with Crippen LogP contribution >= 0.6 is 11.6 Å². The van der Waals surface area contributed by atoms with E-state index in [0.29, 0.717) is 23.1 Å². The first-order chi connectivity index (χ1) is 14.0. The van der Waals surface area contributed by atoms with Gasteiger partial charge in [-0.3, -0.25) is 14.8 Å². The zero-order chi connectivity index (χ0) is 20.4. The van der Waals surface area contributed by atoms with Gasteiger partial charge in [0.2, 0.25) is 5.91 Å². The molecule has 0 aromatic heterocycles. The summed E-state index contributed by atoms with van der Waals surface area (Å²) in [6.45, 7) is 2.26. The smallest absolute Gasteiger partial charge is 0.228 e. The van der Waals surface area contributed by atoms with E-state index in [1.807, 2.05) is 25.1 Å². The van der Waals surface area contributed by atoms with E-state index < -0.39 is 0 Å². The summed E-state index contributed by atoms with van der Waals surface area (Å²) >= 11 is 5.89. The number of hydrogen-bond acceptors (Lipinski definition) is 5. The molecular formula is C22H22ClN3O3. The summed E-state index contributed by atoms with van der Waals surface area (Å²) in [5, 5.41) is 3.59. The predicted octanol–water partition coefficient (Wildman–Crippen LogP) is 4.34. The zero-order valence-corrected chi connectivity index (χ0v) is 17.0. The van der Waals surface area contributed by atoms with Crippen LogP contribution in [0.2, 0.25) is 5.02 Å². The Balaban J connectivity index is 1.41. The van der Waals surface area contributed by atoms with E-state index >= 15 is 0 Å². The number of nitrogens with one attached hydrogen (secondary N) is 1. The van der Waals surface area contributed by atoms with Crippen molar-refractivity contribution in [3.05, 3.63) is 53.1 Å². The number of rotatable bonds is 7. The summed E-state index contributed by atoms with van der Waals surface area (Å²) in [6.07, 6.45) is 2.49. The van der Waals surface area contributed by atoms with Crippen LogP contribution in [-0.2, 0) is 4.79 Å². The van der Waals surface area contributed by atoms with E-state index in [-0.39, 0.29) is 23.9 Å². The summed E-state index contributed by atoms with van der Waals surface area (Å²) in [6, 6.07) is 12.9. The van der Waals surface area contributed by atoms with Crippen LogP contribution in [0.15, 0.2) is 52.4 Å². The predicted molar refractivity (Wildman–Crippen MR) is 115 cm³/mol. The first-order valence-corrected chi connectivity index (χ1v) is 9.88. The van der Waals surface area contributed by atoms with Crippen LogP contribution in [0, 0.1) is 5.92 Å². The van der Waals surface area contributed by atoms with Crippen molar-refractivity contribution in [2.45, 2.75) is 25.4 Å². The van der Waals surface area contributed by atoms with Crippen LogP contribution in [-0.4, -0.2) is 37.7 Å². The van der Waals surface area contributed by atoms with Gasteiger partial charge < -0.3 is 14.8 Å². The zero-order valence-electron chi connectivity index (χ0n) is 16.3. The van der Waals surface area contributed by atoms with Crippen molar-refractivity contribution in [3.63, 3.8) is 0 Å². The molecule has 1 saturated carbocycles. The molecule has 1 fully saturated rings. The number of anilines is 1. The highest BCUT2D eigenvalue weighted by molar-refractivity contribution is 6.32. The molecule has 3 atom stereocenters. The SMILES string of the molecule is COc1ccc(C2CC2C(=O)Nc2ccc(Cl)cc2)cc1OCC1=NC(C)N=C1. The molecule has 0 bridgehead atoms. The molecule has 1 N–H and O–H groups in total. The van der Waals surface area contributed by atoms with Gasteiger partial charge in [-0.1, -0.05) is 17.7 Å². The van der Waals surface area contributed by atoms with Gasteiger partial charge in [0.05, 0.1) is 12.8 Å². The summed E-state index contributed by atoms with van der Waals surface area (Å²) < 4.78 is 11.3. The molecular weight excluding hydrogens is 390 g/mol. The second-order valence-electron chi connectivity index (χ2n) is 7.17. The molecule has 29 heavy (non-hydrogen) atoms. The minimum Gasteiger partial charge on any atom is -0.493 e. The Morgan fingerprint density at radius 3 is 2.69 bits per heavy atom. The third-order valence-electron chi connectivity index (χ3n) is 5.02. The van der Waals surface area contributed by atoms with Gasteiger partial charge in [-0.05, 0) is 61.2 Å². The van der Waals surface area contributed by atoms with E-state index in [0.717, 1.165) is 23.4 Å². The number of hydrogen-bond donors (Lipinski definition) is 1. The van der Waals surface area contributed by atoms with Crippen molar-refractivity contribution in [3.8, 4) is 11.5 Å². The average molecular weight is 412 g/mol. The second kappa shape index (κ2) is 8.25. The molecule has 4 rings (SSSR count). The van der Waals surface area contributed by atoms with Crippen molar-refractivity contribution in [1.82, 2.24) is 0 Å². The minimum absolute atomic E-state index is 0.0149. The third kappa shape index (κ3) is 4.59. The number of aliphatic imine (C=N–C) groups is 2. The van der Waals surface area contributed by atoms with E-state index in [2.05, 4.69) is 15.3 Å². The van der Waals surface area contributed by atoms with Crippen molar-refractivity contribution >= 4 is 35.1 Å². The largest absolute Gasteiger partial charge is 0.493 e. The molecule has 1 heterocycles. The fourth-order valence-electron chi connectivity index (χ4n) is 3.38. The van der Waals surface area contributed by atoms with Gasteiger partial charge in [0.1, 0.15) is 12.8 Å². The standard InChI is InChI=1S/C22H22ClN3O3/c1-13-24-11-17(25-13)12-29-21-9-14(3-8-20(21)28-2)18-10-19(18)22(27)26-16-6-4-15(23)5-7-16/h3-9,11,13,18-19H,10,12H2,1-2H3,(H,26,27). The highest BCUT2D eigenvalue weighted by atomic mass is 35.5. The fourth-order valence-corrected chi connectivity index (χ4v) is 3.51. The van der Waals surface area contributed by atoms with Gasteiger partial charge >= 0.3 is 0 Å². The Morgan fingerprint density at radius 2 is 2.00 bits per heavy atom. The van der Waals surface area contributed by atoms with Crippen LogP contribution in [0.4, 0.5) is 5.69 Å². The number of amides is 1. The van der Waals surface area contributed by atoms with Crippen molar-refractivity contribution < 1.29 is 14.3 Å². The summed E-state index contributed by atoms with van der Waals surface area (Å²) in [7, 11) is 1.61. The molecule has 0 spiro atoms. The average Bonchev–Trinajstić information content (AvgIpc) is 3.42. The summed E-state index contributed by atoms with van der Waals surface area (Å²) in [4.78, 5) is 21.1. The molecule has 0 radical (unpaired) electrons. The van der Waals surface area contributed by atoms with Gasteiger partial charge in [0.15, 0.2) is 11.5 Å². The lowest BCUT2D eigenvalue weighted by Crippen LogP contribution is -2.14. The molecule has 7 heteroatoms. The number of carbonyl (C=O) groups is 1. The summed E-state index contributed by atoms with van der Waals surface area (Å²) in [5.41, 5.74) is 2.61. The number of methoxy groups -OCH3 is 1. The molecule has 6 nitrogen and oxygen atoms in total. The molecule has 2 aliphatic rings. The third-order valence-corrected chi connectivity index (χ3v) is 5.27. The molecule has 2 aromatic carbocycles. The Morgan fingerprint density at radius 1 is 1.21 bits per heavy atom. The van der Waals surface area contributed by atoms with Crippen LogP contribution < -0.4 is 14.8 Å². The van der Waals surface area contributed by atoms with E-state index in [4.69, 9.17) is 21.1 Å². The number of halogens is 1. The topological polar surface area (TPSA) is 72.3 Å². The molecule has 1 aliphatic heterocycles. The van der Waals surface area contributed by atoms with Crippen LogP contribution in [0.3, 0.4) is 0 Å². The normalized spacial score (nSPS) is 22.2. The first kappa shape index (κ1) is 19.5. The lowest BCUT2D eigenvalue weighted by Gasteiger charge is -2.12. The van der Waals surface area contributed by atoms with E-state index in [1.54, 1.807) is 37.6 Å². The lowest BCUT2D eigenvalue weighted by atomic mass is 10.1. The highest BCUT2D eigenvalue weighted by Crippen LogP contribution is 2.49. The number of benzene rings is 2. The maximum Gasteiger partial charge on any atom is 0.228 e. The summed E-state index contributed by atoms with van der Waals surface area (Å²) in [5.74, 6) is 1.42. The fraction of sp³-hybridized carbons (Fsp3) is 0.318. The van der Waals surface area contributed by atoms with E-state index in [9.17, 15) is 4.79 Å². The first-order valence-electron chi connectivity index (χ1n) is 9.50. The van der Waals surface area contributed by atoms with Crippen molar-refractivity contribution in [2.75, 3.05) is 19.0 Å². The van der Waals surface area contributed by atoms with Gasteiger partial charge in [-0.15, -0.1) is 0 Å². The molecule has 1 aliphatic carbocycles. The number of nitrogens with zero attached hydrogens (tertiary/aromatic N) is 2. The Kier molecular flexibility index (Phi) is 5.53. The Bertz CT molecular complexity index is 972. The van der Waals surface area contributed by atoms with Gasteiger partial charge in [-0.25, -0.2) is 0 Å².